The SMILES string of the molecule is CC(C)Cc1cc(-c2[c-]cccc2)[c-]cc1[Si](C)(C)C.CC(C)c1cccc(C(C)C)c1-n1c(-c2[c-]ccc3c2sc2cc4c(ccc5ccccc54)cc23)nc2ccccc21.[Ir+3]. The molecule has 10 rings (SSSR count). The van der Waals surface area contributed by atoms with E-state index in [9.17, 15) is 0 Å². The van der Waals surface area contributed by atoms with Crippen LogP contribution in [0.25, 0.3) is 81.0 Å². The van der Waals surface area contributed by atoms with Crippen molar-refractivity contribution in [3.8, 4) is 28.2 Å². The van der Waals surface area contributed by atoms with Crippen molar-refractivity contribution >= 4 is 77.3 Å². The molecule has 316 valence electrons. The Bertz CT molecular complexity index is 3210. The summed E-state index contributed by atoms with van der Waals surface area (Å²) in [5.74, 6) is 2.39. The zero-order valence-electron chi connectivity index (χ0n) is 37.9. The Hall–Kier alpha value is -5.16. The van der Waals surface area contributed by atoms with Crippen molar-refractivity contribution in [1.82, 2.24) is 9.55 Å². The van der Waals surface area contributed by atoms with Crippen LogP contribution in [0.2, 0.25) is 19.6 Å². The fraction of sp³-hybridized carbons (Fsp3) is 0.224. The second kappa shape index (κ2) is 18.1. The van der Waals surface area contributed by atoms with Crippen LogP contribution < -0.4 is 5.19 Å². The van der Waals surface area contributed by atoms with E-state index >= 15 is 0 Å². The molecule has 2 nitrogen and oxygen atoms in total. The van der Waals surface area contributed by atoms with Gasteiger partial charge >= 0.3 is 20.1 Å². The van der Waals surface area contributed by atoms with Crippen LogP contribution in [0, 0.1) is 24.1 Å². The summed E-state index contributed by atoms with van der Waals surface area (Å²) in [6, 6.07) is 60.7. The minimum Gasteiger partial charge on any atom is -0.333 e. The maximum atomic E-state index is 5.31. The Balaban J connectivity index is 0.000000219. The van der Waals surface area contributed by atoms with E-state index in [1.807, 2.05) is 23.5 Å². The zero-order valence-corrected chi connectivity index (χ0v) is 42.1. The first kappa shape index (κ1) is 44.4. The van der Waals surface area contributed by atoms with Crippen molar-refractivity contribution in [2.75, 3.05) is 0 Å². The summed E-state index contributed by atoms with van der Waals surface area (Å²) in [5, 5.41) is 9.26. The van der Waals surface area contributed by atoms with Crippen molar-refractivity contribution < 1.29 is 20.1 Å². The molecule has 0 unspecified atom stereocenters. The Morgan fingerprint density at radius 1 is 0.619 bits per heavy atom. The third kappa shape index (κ3) is 8.62. The van der Waals surface area contributed by atoms with Gasteiger partial charge in [0.2, 0.25) is 0 Å². The number of fused-ring (bicyclic) bond motifs is 7. The summed E-state index contributed by atoms with van der Waals surface area (Å²) in [4.78, 5) is 5.31. The second-order valence-corrected chi connectivity index (χ2v) is 24.9. The second-order valence-electron chi connectivity index (χ2n) is 18.8. The first-order chi connectivity index (χ1) is 29.9. The van der Waals surface area contributed by atoms with Gasteiger partial charge in [-0.15, -0.1) is 35.0 Å². The fourth-order valence-electron chi connectivity index (χ4n) is 9.16. The minimum absolute atomic E-state index is 0. The molecule has 0 fully saturated rings. The van der Waals surface area contributed by atoms with E-state index in [1.165, 1.54) is 69.7 Å². The van der Waals surface area contributed by atoms with Gasteiger partial charge in [0.05, 0.1) is 16.9 Å². The molecule has 0 saturated carbocycles. The summed E-state index contributed by atoms with van der Waals surface area (Å²) < 4.78 is 4.94. The molecule has 10 aromatic rings. The molecule has 0 amide bonds. The zero-order chi connectivity index (χ0) is 43.3. The Labute approximate surface area is 392 Å². The van der Waals surface area contributed by atoms with Crippen LogP contribution in [-0.4, -0.2) is 17.6 Å². The third-order valence-corrected chi connectivity index (χ3v) is 15.4. The molecule has 0 bridgehead atoms. The molecule has 63 heavy (non-hydrogen) atoms. The maximum Gasteiger partial charge on any atom is 3.00 e. The number of thiophene rings is 1. The topological polar surface area (TPSA) is 17.8 Å². The first-order valence-electron chi connectivity index (χ1n) is 22.2. The van der Waals surface area contributed by atoms with Crippen LogP contribution in [0.4, 0.5) is 0 Å². The van der Waals surface area contributed by atoms with E-state index in [2.05, 4.69) is 211 Å². The van der Waals surface area contributed by atoms with Crippen LogP contribution in [-0.2, 0) is 26.5 Å². The molecule has 5 heteroatoms. The van der Waals surface area contributed by atoms with Crippen molar-refractivity contribution in [2.24, 2.45) is 5.92 Å². The normalized spacial score (nSPS) is 11.9. The molecule has 2 aromatic heterocycles. The summed E-state index contributed by atoms with van der Waals surface area (Å²) in [7, 11) is -1.31. The van der Waals surface area contributed by atoms with E-state index in [0.717, 1.165) is 34.4 Å². The van der Waals surface area contributed by atoms with Gasteiger partial charge < -0.3 is 4.57 Å². The molecule has 2 heterocycles. The maximum absolute atomic E-state index is 5.31. The molecule has 0 aliphatic heterocycles. The molecular weight excluding hydrogens is 977 g/mol. The van der Waals surface area contributed by atoms with Crippen LogP contribution in [0.15, 0.2) is 140 Å². The molecule has 0 spiro atoms. The monoisotopic (exact) mass is 1030 g/mol. The van der Waals surface area contributed by atoms with Gasteiger partial charge in [-0.2, -0.15) is 53.8 Å². The summed E-state index contributed by atoms with van der Waals surface area (Å²) >= 11 is 1.86. The summed E-state index contributed by atoms with van der Waals surface area (Å²) in [6.07, 6.45) is 1.15. The molecule has 0 atom stereocenters. The fourth-order valence-corrected chi connectivity index (χ4v) is 12.0. The van der Waals surface area contributed by atoms with Crippen LogP contribution in [0.5, 0.6) is 0 Å². The number of imidazole rings is 1. The largest absolute Gasteiger partial charge is 3.00 e. The van der Waals surface area contributed by atoms with Gasteiger partial charge in [0, 0.05) is 18.5 Å². The van der Waals surface area contributed by atoms with Gasteiger partial charge in [-0.1, -0.05) is 139 Å². The van der Waals surface area contributed by atoms with E-state index in [-0.39, 0.29) is 20.1 Å². The Kier molecular flexibility index (Phi) is 12.8. The molecule has 0 N–H and O–H groups in total. The van der Waals surface area contributed by atoms with Gasteiger partial charge in [0.1, 0.15) is 0 Å². The van der Waals surface area contributed by atoms with Crippen LogP contribution in [0.1, 0.15) is 70.1 Å². The van der Waals surface area contributed by atoms with Gasteiger partial charge in [-0.25, -0.2) is 11.1 Å². The van der Waals surface area contributed by atoms with Crippen molar-refractivity contribution in [1.29, 1.82) is 0 Å². The van der Waals surface area contributed by atoms with Gasteiger partial charge in [-0.3, -0.25) is 4.98 Å². The minimum atomic E-state index is -1.31. The number of hydrogen-bond donors (Lipinski definition) is 0. The van der Waals surface area contributed by atoms with Crippen molar-refractivity contribution in [3.05, 3.63) is 174 Å². The Morgan fingerprint density at radius 2 is 1.33 bits per heavy atom. The molecule has 0 aliphatic carbocycles. The molecule has 0 saturated heterocycles. The number of benzene rings is 8. The van der Waals surface area contributed by atoms with E-state index in [1.54, 1.807) is 5.19 Å². The predicted octanol–water partition coefficient (Wildman–Crippen LogP) is 16.1. The number of nitrogens with zero attached hydrogens (tertiary/aromatic N) is 2. The van der Waals surface area contributed by atoms with Gasteiger partial charge in [-0.05, 0) is 91.2 Å². The van der Waals surface area contributed by atoms with Gasteiger partial charge in [0.15, 0.2) is 0 Å². The average Bonchev–Trinajstić information content (AvgIpc) is 3.83. The van der Waals surface area contributed by atoms with Crippen LogP contribution >= 0.6 is 11.3 Å². The number of aromatic nitrogens is 2. The predicted molar refractivity (Wildman–Crippen MR) is 272 cm³/mol. The number of para-hydroxylation sites is 3. The van der Waals surface area contributed by atoms with Crippen LogP contribution in [0.3, 0.4) is 0 Å². The van der Waals surface area contributed by atoms with E-state index < -0.39 is 8.07 Å². The quantitative estimate of drug-likeness (QED) is 0.0842. The first-order valence-corrected chi connectivity index (χ1v) is 26.5. The standard InChI is InChI=1S/C39H31N2S.C19H24Si.Ir/c1-23(2)27-13-9-14-28(24(3)4)37(27)41-35-18-8-7-17-34(35)40-39(41)31-16-10-15-30-33-21-26-20-19-25-11-5-6-12-29(25)32(26)22-36(33)42-38(30)31;1-15(2)13-18-14-17(16-9-7-6-8-10-16)11-12-19(18)20(3,4)5;/h5-15,17-24H,1-4H3;6-9,12,14-15H,13H2,1-5H3;/q-1;-2;+3. The third-order valence-electron chi connectivity index (χ3n) is 12.1. The number of hydrogen-bond acceptors (Lipinski definition) is 2. The number of rotatable bonds is 8. The van der Waals surface area contributed by atoms with E-state index in [4.69, 9.17) is 4.98 Å². The molecule has 0 radical (unpaired) electrons. The molecule has 8 aromatic carbocycles. The van der Waals surface area contributed by atoms with Crippen molar-refractivity contribution in [2.45, 2.75) is 79.4 Å². The van der Waals surface area contributed by atoms with Gasteiger partial charge in [0.25, 0.3) is 0 Å². The Morgan fingerprint density at radius 3 is 2.05 bits per heavy atom. The smallest absolute Gasteiger partial charge is 0.333 e. The van der Waals surface area contributed by atoms with E-state index in [0.29, 0.717) is 17.8 Å². The van der Waals surface area contributed by atoms with Crippen molar-refractivity contribution in [3.63, 3.8) is 0 Å². The molecule has 0 aliphatic rings. The summed E-state index contributed by atoms with van der Waals surface area (Å²) in [5.41, 5.74) is 10.9. The average molecular weight is 1030 g/mol. The summed E-state index contributed by atoms with van der Waals surface area (Å²) in [6.45, 7) is 21.0. The molecular formula is C58H55IrN2SSi.